The normalized spacial score (nSPS) is 11.6. The number of benzene rings is 3. The van der Waals surface area contributed by atoms with Crippen molar-refractivity contribution < 1.29 is 14.3 Å². The Morgan fingerprint density at radius 1 is 0.938 bits per heavy atom. The first-order valence-electron chi connectivity index (χ1n) is 10.2. The van der Waals surface area contributed by atoms with Crippen molar-refractivity contribution in [2.45, 2.75) is 19.6 Å². The van der Waals surface area contributed by atoms with Crippen LogP contribution in [0, 0.1) is 0 Å². The Bertz CT molecular complexity index is 1040. The second-order valence-electron chi connectivity index (χ2n) is 7.41. The Kier molecular flexibility index (Phi) is 8.25. The molecule has 0 bridgehead atoms. The highest BCUT2D eigenvalue weighted by Crippen LogP contribution is 2.20. The van der Waals surface area contributed by atoms with Crippen molar-refractivity contribution >= 4 is 34.8 Å². The minimum absolute atomic E-state index is 0.0477. The van der Waals surface area contributed by atoms with E-state index in [-0.39, 0.29) is 18.4 Å². The molecule has 32 heavy (non-hydrogen) atoms. The molecule has 166 valence electrons. The van der Waals surface area contributed by atoms with E-state index in [1.807, 2.05) is 42.5 Å². The number of rotatable bonds is 9. The summed E-state index contributed by atoms with van der Waals surface area (Å²) in [5.74, 6) is 0.254. The lowest BCUT2D eigenvalue weighted by atomic mass is 10.2. The lowest BCUT2D eigenvalue weighted by Crippen LogP contribution is -2.43. The highest BCUT2D eigenvalue weighted by atomic mass is 35.5. The number of hydrogen-bond donors (Lipinski definition) is 2. The summed E-state index contributed by atoms with van der Waals surface area (Å²) in [5.41, 5.74) is 2.28. The van der Waals surface area contributed by atoms with E-state index < -0.39 is 6.04 Å². The zero-order valence-electron chi connectivity index (χ0n) is 18.0. The molecule has 3 aromatic rings. The summed E-state index contributed by atoms with van der Waals surface area (Å²) < 4.78 is 5.76. The summed E-state index contributed by atoms with van der Waals surface area (Å²) in [6, 6.07) is 23.6. The Morgan fingerprint density at radius 3 is 2.28 bits per heavy atom. The van der Waals surface area contributed by atoms with Gasteiger partial charge in [0.1, 0.15) is 12.4 Å². The predicted molar refractivity (Wildman–Crippen MR) is 128 cm³/mol. The summed E-state index contributed by atoms with van der Waals surface area (Å²) in [4.78, 5) is 26.6. The molecule has 2 N–H and O–H groups in total. The molecule has 0 saturated heterocycles. The minimum Gasteiger partial charge on any atom is -0.489 e. The van der Waals surface area contributed by atoms with Gasteiger partial charge in [-0.25, -0.2) is 0 Å². The summed E-state index contributed by atoms with van der Waals surface area (Å²) in [7, 11) is 1.72. The number of ether oxygens (including phenoxy) is 1. The fourth-order valence-electron chi connectivity index (χ4n) is 2.94. The van der Waals surface area contributed by atoms with Gasteiger partial charge in [-0.05, 0) is 55.9 Å². The van der Waals surface area contributed by atoms with Crippen LogP contribution in [0.15, 0.2) is 78.9 Å². The van der Waals surface area contributed by atoms with Crippen LogP contribution in [0.1, 0.15) is 12.5 Å². The average Bonchev–Trinajstić information content (AvgIpc) is 2.80. The van der Waals surface area contributed by atoms with Gasteiger partial charge in [0.25, 0.3) is 0 Å². The van der Waals surface area contributed by atoms with Crippen LogP contribution in [0.25, 0.3) is 0 Å². The monoisotopic (exact) mass is 451 g/mol. The number of carbonyl (C=O) groups is 2. The maximum atomic E-state index is 12.6. The first kappa shape index (κ1) is 23.3. The van der Waals surface area contributed by atoms with E-state index in [0.29, 0.717) is 28.8 Å². The number of nitrogens with one attached hydrogen (secondary N) is 2. The number of hydrogen-bond acceptors (Lipinski definition) is 4. The van der Waals surface area contributed by atoms with Crippen molar-refractivity contribution in [2.24, 2.45) is 0 Å². The molecule has 0 fully saturated rings. The van der Waals surface area contributed by atoms with Gasteiger partial charge >= 0.3 is 0 Å². The van der Waals surface area contributed by atoms with E-state index in [1.165, 1.54) is 0 Å². The molecule has 0 saturated carbocycles. The molecule has 0 aliphatic heterocycles. The SMILES string of the molecule is CC(C(=O)Nc1ccc(OCc2ccccc2)cc1)N(C)CC(=O)Nc1ccccc1Cl. The van der Waals surface area contributed by atoms with Gasteiger partial charge in [0.05, 0.1) is 23.3 Å². The second kappa shape index (κ2) is 11.3. The molecule has 3 rings (SSSR count). The molecule has 0 aliphatic carbocycles. The van der Waals surface area contributed by atoms with E-state index >= 15 is 0 Å². The van der Waals surface area contributed by atoms with Gasteiger partial charge < -0.3 is 15.4 Å². The largest absolute Gasteiger partial charge is 0.489 e. The van der Waals surface area contributed by atoms with Crippen LogP contribution in [0.3, 0.4) is 0 Å². The molecule has 0 aromatic heterocycles. The molecule has 2 amide bonds. The lowest BCUT2D eigenvalue weighted by molar-refractivity contribution is -0.122. The van der Waals surface area contributed by atoms with Crippen LogP contribution in [0.4, 0.5) is 11.4 Å². The zero-order valence-corrected chi connectivity index (χ0v) is 18.8. The summed E-state index contributed by atoms with van der Waals surface area (Å²) in [5, 5.41) is 6.09. The lowest BCUT2D eigenvalue weighted by Gasteiger charge is -2.23. The molecule has 1 unspecified atom stereocenters. The van der Waals surface area contributed by atoms with Crippen molar-refractivity contribution in [3.8, 4) is 5.75 Å². The second-order valence-corrected chi connectivity index (χ2v) is 7.81. The third kappa shape index (κ3) is 6.83. The number of nitrogens with zero attached hydrogens (tertiary/aromatic N) is 1. The van der Waals surface area contributed by atoms with Crippen molar-refractivity contribution in [3.05, 3.63) is 89.4 Å². The third-order valence-electron chi connectivity index (χ3n) is 4.95. The van der Waals surface area contributed by atoms with E-state index in [1.54, 1.807) is 55.3 Å². The highest BCUT2D eigenvalue weighted by molar-refractivity contribution is 6.33. The number of carbonyl (C=O) groups excluding carboxylic acids is 2. The van der Waals surface area contributed by atoms with Crippen LogP contribution in [-0.4, -0.2) is 36.3 Å². The van der Waals surface area contributed by atoms with E-state index in [4.69, 9.17) is 16.3 Å². The van der Waals surface area contributed by atoms with Crippen LogP contribution in [-0.2, 0) is 16.2 Å². The van der Waals surface area contributed by atoms with Gasteiger partial charge in [0, 0.05) is 5.69 Å². The first-order chi connectivity index (χ1) is 15.4. The van der Waals surface area contributed by atoms with Crippen LogP contribution >= 0.6 is 11.6 Å². The molecule has 7 heteroatoms. The fourth-order valence-corrected chi connectivity index (χ4v) is 3.12. The van der Waals surface area contributed by atoms with Gasteiger partial charge in [0.15, 0.2) is 0 Å². The van der Waals surface area contributed by atoms with Crippen LogP contribution in [0.2, 0.25) is 5.02 Å². The summed E-state index contributed by atoms with van der Waals surface area (Å²) >= 11 is 6.07. The van der Waals surface area contributed by atoms with Gasteiger partial charge in [-0.1, -0.05) is 54.1 Å². The van der Waals surface area contributed by atoms with Gasteiger partial charge in [-0.15, -0.1) is 0 Å². The summed E-state index contributed by atoms with van der Waals surface area (Å²) in [6.45, 7) is 2.27. The Balaban J connectivity index is 1.47. The average molecular weight is 452 g/mol. The van der Waals surface area contributed by atoms with Gasteiger partial charge in [0.2, 0.25) is 11.8 Å². The molecule has 0 heterocycles. The zero-order chi connectivity index (χ0) is 22.9. The van der Waals surface area contributed by atoms with E-state index in [9.17, 15) is 9.59 Å². The fraction of sp³-hybridized carbons (Fsp3) is 0.200. The minimum atomic E-state index is -0.513. The predicted octanol–water partition coefficient (Wildman–Crippen LogP) is 4.82. The van der Waals surface area contributed by atoms with Crippen molar-refractivity contribution in [3.63, 3.8) is 0 Å². The van der Waals surface area contributed by atoms with Crippen LogP contribution in [0.5, 0.6) is 5.75 Å². The molecule has 0 radical (unpaired) electrons. The number of anilines is 2. The van der Waals surface area contributed by atoms with E-state index in [2.05, 4.69) is 10.6 Å². The maximum Gasteiger partial charge on any atom is 0.241 e. The Hall–Kier alpha value is -3.35. The number of likely N-dealkylation sites (N-methyl/N-ethyl adjacent to an activating group) is 1. The molecule has 0 aliphatic rings. The standard InChI is InChI=1S/C25H26ClN3O3/c1-18(29(2)16-24(30)28-23-11-7-6-10-22(23)26)25(31)27-20-12-14-21(15-13-20)32-17-19-8-4-3-5-9-19/h3-15,18H,16-17H2,1-2H3,(H,27,31)(H,28,30). The van der Waals surface area contributed by atoms with Gasteiger partial charge in [-0.3, -0.25) is 14.5 Å². The molecular weight excluding hydrogens is 426 g/mol. The Morgan fingerprint density at radius 2 is 1.59 bits per heavy atom. The molecule has 6 nitrogen and oxygen atoms in total. The quantitative estimate of drug-likeness (QED) is 0.489. The number of halogens is 1. The maximum absolute atomic E-state index is 12.6. The van der Waals surface area contributed by atoms with Crippen molar-refractivity contribution in [2.75, 3.05) is 24.2 Å². The smallest absolute Gasteiger partial charge is 0.241 e. The number of para-hydroxylation sites is 1. The highest BCUT2D eigenvalue weighted by Gasteiger charge is 2.20. The van der Waals surface area contributed by atoms with Crippen molar-refractivity contribution in [1.82, 2.24) is 4.90 Å². The van der Waals surface area contributed by atoms with Gasteiger partial charge in [-0.2, -0.15) is 0 Å². The van der Waals surface area contributed by atoms with Crippen LogP contribution < -0.4 is 15.4 Å². The number of amides is 2. The molecular formula is C25H26ClN3O3. The van der Waals surface area contributed by atoms with E-state index in [0.717, 1.165) is 5.56 Å². The first-order valence-corrected chi connectivity index (χ1v) is 10.6. The molecule has 0 spiro atoms. The van der Waals surface area contributed by atoms with Crippen molar-refractivity contribution in [1.29, 1.82) is 0 Å². The Labute approximate surface area is 193 Å². The molecule has 3 aromatic carbocycles. The third-order valence-corrected chi connectivity index (χ3v) is 5.28. The molecule has 1 atom stereocenters. The summed E-state index contributed by atoms with van der Waals surface area (Å²) in [6.07, 6.45) is 0. The topological polar surface area (TPSA) is 70.7 Å².